The normalized spacial score (nSPS) is 11.9. The summed E-state index contributed by atoms with van der Waals surface area (Å²) in [5.41, 5.74) is 0.560. The van der Waals surface area contributed by atoms with Gasteiger partial charge in [0, 0.05) is 10.9 Å². The van der Waals surface area contributed by atoms with Gasteiger partial charge in [0.05, 0.1) is 0 Å². The predicted octanol–water partition coefficient (Wildman–Crippen LogP) is 2.49. The van der Waals surface area contributed by atoms with Crippen molar-refractivity contribution >= 4 is 27.8 Å². The molecular weight excluding hydrogens is 286 g/mol. The Hall–Kier alpha value is -1.36. The minimum absolute atomic E-state index is 0.247. The first-order valence-corrected chi connectivity index (χ1v) is 6.11. The van der Waals surface area contributed by atoms with E-state index in [9.17, 15) is 9.59 Å². The molecule has 1 aromatic rings. The zero-order valence-corrected chi connectivity index (χ0v) is 11.0. The zero-order chi connectivity index (χ0) is 12.8. The van der Waals surface area contributed by atoms with Gasteiger partial charge in [0.1, 0.15) is 0 Å². The molecule has 17 heavy (non-hydrogen) atoms. The molecule has 2 N–H and O–H groups in total. The number of rotatable bonds is 5. The van der Waals surface area contributed by atoms with Crippen LogP contribution in [0, 0.1) is 0 Å². The molecule has 0 aliphatic carbocycles. The second-order valence-electron chi connectivity index (χ2n) is 3.64. The largest absolute Gasteiger partial charge is 0.479 e. The van der Waals surface area contributed by atoms with Gasteiger partial charge in [0.2, 0.25) is 5.91 Å². The van der Waals surface area contributed by atoms with Crippen molar-refractivity contribution in [2.45, 2.75) is 25.8 Å². The molecule has 1 amide bonds. The van der Waals surface area contributed by atoms with E-state index in [4.69, 9.17) is 5.11 Å². The van der Waals surface area contributed by atoms with E-state index in [1.807, 2.05) is 6.92 Å². The Balaban J connectivity index is 2.82. The van der Waals surface area contributed by atoms with Crippen molar-refractivity contribution in [3.63, 3.8) is 0 Å². The van der Waals surface area contributed by atoms with Crippen LogP contribution in [0.1, 0.15) is 31.4 Å². The van der Waals surface area contributed by atoms with Crippen molar-refractivity contribution < 1.29 is 14.7 Å². The predicted molar refractivity (Wildman–Crippen MR) is 67.6 cm³/mol. The Labute approximate surface area is 108 Å². The molecule has 0 saturated heterocycles. The van der Waals surface area contributed by atoms with Crippen molar-refractivity contribution in [2.24, 2.45) is 0 Å². The number of hydrogen-bond donors (Lipinski definition) is 2. The van der Waals surface area contributed by atoms with Crippen molar-refractivity contribution in [2.75, 3.05) is 0 Å². The van der Waals surface area contributed by atoms with Gasteiger partial charge in [-0.25, -0.2) is 4.79 Å². The van der Waals surface area contributed by atoms with Crippen molar-refractivity contribution in [1.29, 1.82) is 0 Å². The van der Waals surface area contributed by atoms with Crippen molar-refractivity contribution in [3.05, 3.63) is 34.3 Å². The summed E-state index contributed by atoms with van der Waals surface area (Å²) in [5.74, 6) is -1.31. The topological polar surface area (TPSA) is 66.4 Å². The fraction of sp³-hybridized carbons (Fsp3) is 0.333. The SMILES string of the molecule is CCCC(=O)NC(C(=O)O)c1ccc(Br)cc1. The Morgan fingerprint density at radius 1 is 1.35 bits per heavy atom. The number of aliphatic carboxylic acids is 1. The first-order chi connectivity index (χ1) is 8.04. The summed E-state index contributed by atoms with van der Waals surface area (Å²) >= 11 is 3.27. The molecule has 0 bridgehead atoms. The van der Waals surface area contributed by atoms with Crippen LogP contribution in [0.4, 0.5) is 0 Å². The molecule has 0 spiro atoms. The van der Waals surface area contributed by atoms with Crippen molar-refractivity contribution in [1.82, 2.24) is 5.32 Å². The highest BCUT2D eigenvalue weighted by atomic mass is 79.9. The van der Waals surface area contributed by atoms with Crippen LogP contribution in [0.3, 0.4) is 0 Å². The molecule has 1 rings (SSSR count). The summed E-state index contributed by atoms with van der Waals surface area (Å²) in [5, 5.41) is 11.6. The second kappa shape index (κ2) is 6.39. The Kier molecular flexibility index (Phi) is 5.15. The number of hydrogen-bond acceptors (Lipinski definition) is 2. The molecule has 0 heterocycles. The van der Waals surface area contributed by atoms with E-state index in [0.717, 1.165) is 4.47 Å². The second-order valence-corrected chi connectivity index (χ2v) is 4.56. The average molecular weight is 300 g/mol. The molecule has 0 aliphatic heterocycles. The average Bonchev–Trinajstić information content (AvgIpc) is 2.27. The summed E-state index contributed by atoms with van der Waals surface area (Å²) in [4.78, 5) is 22.5. The highest BCUT2D eigenvalue weighted by Gasteiger charge is 2.21. The number of amides is 1. The molecule has 0 radical (unpaired) electrons. The first-order valence-electron chi connectivity index (χ1n) is 5.32. The van der Waals surface area contributed by atoms with Crippen LogP contribution in [-0.2, 0) is 9.59 Å². The van der Waals surface area contributed by atoms with Gasteiger partial charge in [0.15, 0.2) is 6.04 Å². The molecule has 92 valence electrons. The number of benzene rings is 1. The number of carboxylic acid groups (broad SMARTS) is 1. The number of carbonyl (C=O) groups is 2. The lowest BCUT2D eigenvalue weighted by atomic mass is 10.1. The Bertz CT molecular complexity index is 403. The summed E-state index contributed by atoms with van der Waals surface area (Å²) in [6.07, 6.45) is 1.03. The fourth-order valence-electron chi connectivity index (χ4n) is 1.40. The quantitative estimate of drug-likeness (QED) is 0.878. The Morgan fingerprint density at radius 3 is 2.41 bits per heavy atom. The van der Waals surface area contributed by atoms with Crippen LogP contribution in [-0.4, -0.2) is 17.0 Å². The molecule has 1 atom stereocenters. The van der Waals surface area contributed by atoms with E-state index < -0.39 is 12.0 Å². The maximum absolute atomic E-state index is 11.4. The van der Waals surface area contributed by atoms with Gasteiger partial charge in [-0.05, 0) is 24.1 Å². The van der Waals surface area contributed by atoms with E-state index in [2.05, 4.69) is 21.2 Å². The van der Waals surface area contributed by atoms with Gasteiger partial charge >= 0.3 is 5.97 Å². The van der Waals surface area contributed by atoms with Crippen LogP contribution in [0.2, 0.25) is 0 Å². The molecule has 5 heteroatoms. The fourth-order valence-corrected chi connectivity index (χ4v) is 1.67. The van der Waals surface area contributed by atoms with Crippen LogP contribution >= 0.6 is 15.9 Å². The molecule has 0 saturated carbocycles. The monoisotopic (exact) mass is 299 g/mol. The smallest absolute Gasteiger partial charge is 0.330 e. The summed E-state index contributed by atoms with van der Waals surface area (Å²) in [6.45, 7) is 1.87. The first kappa shape index (κ1) is 13.7. The number of halogens is 1. The van der Waals surface area contributed by atoms with Gasteiger partial charge < -0.3 is 10.4 Å². The van der Waals surface area contributed by atoms with Crippen LogP contribution in [0.5, 0.6) is 0 Å². The standard InChI is InChI=1S/C12H14BrNO3/c1-2-3-10(15)14-11(12(16)17)8-4-6-9(13)7-5-8/h4-7,11H,2-3H2,1H3,(H,14,15)(H,16,17). The number of carbonyl (C=O) groups excluding carboxylic acids is 1. The molecular formula is C12H14BrNO3. The van der Waals surface area contributed by atoms with E-state index in [0.29, 0.717) is 18.4 Å². The maximum Gasteiger partial charge on any atom is 0.330 e. The van der Waals surface area contributed by atoms with Gasteiger partial charge in [-0.15, -0.1) is 0 Å². The van der Waals surface area contributed by atoms with Gasteiger partial charge in [0.25, 0.3) is 0 Å². The lowest BCUT2D eigenvalue weighted by Crippen LogP contribution is -2.33. The summed E-state index contributed by atoms with van der Waals surface area (Å²) in [7, 11) is 0. The van der Waals surface area contributed by atoms with E-state index in [1.54, 1.807) is 24.3 Å². The third-order valence-corrected chi connectivity index (χ3v) is 2.76. The molecule has 4 nitrogen and oxygen atoms in total. The van der Waals surface area contributed by atoms with Crippen molar-refractivity contribution in [3.8, 4) is 0 Å². The summed E-state index contributed by atoms with van der Waals surface area (Å²) in [6, 6.07) is 5.86. The third-order valence-electron chi connectivity index (χ3n) is 2.23. The van der Waals surface area contributed by atoms with Gasteiger partial charge in [-0.2, -0.15) is 0 Å². The molecule has 1 unspecified atom stereocenters. The number of carboxylic acids is 1. The minimum atomic E-state index is -1.06. The number of nitrogens with one attached hydrogen (secondary N) is 1. The van der Waals surface area contributed by atoms with Crippen LogP contribution < -0.4 is 5.32 Å². The van der Waals surface area contributed by atoms with E-state index >= 15 is 0 Å². The molecule has 1 aromatic carbocycles. The lowest BCUT2D eigenvalue weighted by molar-refractivity contribution is -0.142. The van der Waals surface area contributed by atoms with Crippen LogP contribution in [0.15, 0.2) is 28.7 Å². The third kappa shape index (κ3) is 4.19. The zero-order valence-electron chi connectivity index (χ0n) is 9.44. The highest BCUT2D eigenvalue weighted by Crippen LogP contribution is 2.17. The Morgan fingerprint density at radius 2 is 1.94 bits per heavy atom. The van der Waals surface area contributed by atoms with E-state index in [-0.39, 0.29) is 5.91 Å². The molecule has 0 aromatic heterocycles. The minimum Gasteiger partial charge on any atom is -0.479 e. The van der Waals surface area contributed by atoms with Gasteiger partial charge in [-0.3, -0.25) is 4.79 Å². The molecule has 0 aliphatic rings. The highest BCUT2D eigenvalue weighted by molar-refractivity contribution is 9.10. The molecule has 0 fully saturated rings. The summed E-state index contributed by atoms with van der Waals surface area (Å²) < 4.78 is 0.866. The maximum atomic E-state index is 11.4. The van der Waals surface area contributed by atoms with Gasteiger partial charge in [-0.1, -0.05) is 35.0 Å². The van der Waals surface area contributed by atoms with E-state index in [1.165, 1.54) is 0 Å². The lowest BCUT2D eigenvalue weighted by Gasteiger charge is -2.14. The van der Waals surface area contributed by atoms with Crippen LogP contribution in [0.25, 0.3) is 0 Å².